The minimum Gasteiger partial charge on any atom is -0.394 e. The summed E-state index contributed by atoms with van der Waals surface area (Å²) < 4.78 is 1.35. The van der Waals surface area contributed by atoms with Crippen LogP contribution >= 0.6 is 0 Å². The van der Waals surface area contributed by atoms with E-state index in [1.165, 1.54) is 10.9 Å². The lowest BCUT2D eigenvalue weighted by molar-refractivity contribution is 0.0737. The molecule has 0 aliphatic rings. The molecule has 32 heavy (non-hydrogen) atoms. The molecule has 0 bridgehead atoms. The highest BCUT2D eigenvalue weighted by Crippen LogP contribution is 2.27. The van der Waals surface area contributed by atoms with Gasteiger partial charge in [-0.05, 0) is 52.1 Å². The smallest absolute Gasteiger partial charge is 0.262 e. The maximum Gasteiger partial charge on any atom is 0.262 e. The zero-order valence-corrected chi connectivity index (χ0v) is 18.9. The molecule has 0 saturated heterocycles. The fourth-order valence-electron chi connectivity index (χ4n) is 3.13. The summed E-state index contributed by atoms with van der Waals surface area (Å²) in [5, 5.41) is 36.5. The number of hydrogen-bond acceptors (Lipinski definition) is 9. The van der Waals surface area contributed by atoms with E-state index in [1.54, 1.807) is 38.2 Å². The van der Waals surface area contributed by atoms with Crippen molar-refractivity contribution >= 4 is 28.2 Å². The number of anilines is 3. The minimum absolute atomic E-state index is 0.0269. The Hall–Kier alpha value is -3.08. The first kappa shape index (κ1) is 23.6. The van der Waals surface area contributed by atoms with E-state index in [4.69, 9.17) is 5.11 Å². The number of rotatable bonds is 7. The van der Waals surface area contributed by atoms with E-state index >= 15 is 0 Å². The molecule has 5 N–H and O–H groups in total. The van der Waals surface area contributed by atoms with Gasteiger partial charge in [-0.3, -0.25) is 4.79 Å². The van der Waals surface area contributed by atoms with Crippen molar-refractivity contribution in [2.45, 2.75) is 58.4 Å². The molecular formula is C22H30N6O4. The second-order valence-corrected chi connectivity index (χ2v) is 9.28. The van der Waals surface area contributed by atoms with Gasteiger partial charge in [0, 0.05) is 17.8 Å². The van der Waals surface area contributed by atoms with Crippen molar-refractivity contribution in [2.24, 2.45) is 0 Å². The van der Waals surface area contributed by atoms with E-state index < -0.39 is 18.3 Å². The Morgan fingerprint density at radius 1 is 1.12 bits per heavy atom. The number of nitrogens with one attached hydrogen (secondary N) is 2. The number of fused-ring (bicyclic) bond motifs is 1. The van der Waals surface area contributed by atoms with Crippen LogP contribution in [-0.4, -0.2) is 53.1 Å². The molecule has 0 aliphatic carbocycles. The van der Waals surface area contributed by atoms with Crippen molar-refractivity contribution in [1.29, 1.82) is 0 Å². The lowest BCUT2D eigenvalue weighted by Crippen LogP contribution is -2.31. The molecule has 3 rings (SSSR count). The summed E-state index contributed by atoms with van der Waals surface area (Å²) in [6.45, 7) is 8.67. The lowest BCUT2D eigenvalue weighted by Gasteiger charge is -2.23. The third kappa shape index (κ3) is 5.58. The molecule has 0 radical (unpaired) electrons. The molecule has 3 aromatic heterocycles. The van der Waals surface area contributed by atoms with Gasteiger partial charge in [0.2, 0.25) is 0 Å². The maximum atomic E-state index is 13.1. The molecule has 3 aromatic rings. The molecule has 10 heteroatoms. The Morgan fingerprint density at radius 3 is 2.47 bits per heavy atom. The third-order valence-corrected chi connectivity index (χ3v) is 4.62. The van der Waals surface area contributed by atoms with Crippen LogP contribution in [0.15, 0.2) is 35.5 Å². The van der Waals surface area contributed by atoms with Crippen LogP contribution in [0.1, 0.15) is 40.3 Å². The Balaban J connectivity index is 2.10. The largest absolute Gasteiger partial charge is 0.394 e. The Bertz CT molecular complexity index is 1160. The second-order valence-electron chi connectivity index (χ2n) is 9.28. The summed E-state index contributed by atoms with van der Waals surface area (Å²) in [5.74, 6) is 1.29. The van der Waals surface area contributed by atoms with Gasteiger partial charge in [0.1, 0.15) is 29.4 Å². The van der Waals surface area contributed by atoms with E-state index in [2.05, 4.69) is 25.6 Å². The average Bonchev–Trinajstić information content (AvgIpc) is 2.68. The van der Waals surface area contributed by atoms with Crippen molar-refractivity contribution in [2.75, 3.05) is 17.2 Å². The van der Waals surface area contributed by atoms with Crippen molar-refractivity contribution in [3.63, 3.8) is 0 Å². The zero-order valence-electron chi connectivity index (χ0n) is 18.9. The molecule has 0 saturated carbocycles. The molecule has 10 nitrogen and oxygen atoms in total. The van der Waals surface area contributed by atoms with E-state index in [1.807, 2.05) is 20.8 Å². The van der Waals surface area contributed by atoms with Gasteiger partial charge in [-0.2, -0.15) is 0 Å². The highest BCUT2D eigenvalue weighted by molar-refractivity contribution is 5.93. The first-order chi connectivity index (χ1) is 14.9. The third-order valence-electron chi connectivity index (χ3n) is 4.62. The number of aliphatic hydroxyl groups is 3. The highest BCUT2D eigenvalue weighted by atomic mass is 16.3. The van der Waals surface area contributed by atoms with Gasteiger partial charge in [-0.1, -0.05) is 0 Å². The fourth-order valence-corrected chi connectivity index (χ4v) is 3.13. The van der Waals surface area contributed by atoms with Crippen LogP contribution in [0, 0.1) is 0 Å². The lowest BCUT2D eigenvalue weighted by atomic mass is 10.1. The van der Waals surface area contributed by atoms with Gasteiger partial charge < -0.3 is 30.5 Å². The van der Waals surface area contributed by atoms with Crippen LogP contribution in [0.3, 0.4) is 0 Å². The second kappa shape index (κ2) is 8.81. The van der Waals surface area contributed by atoms with E-state index in [-0.39, 0.29) is 17.6 Å². The summed E-state index contributed by atoms with van der Waals surface area (Å²) in [5.41, 5.74) is -1.38. The molecule has 3 heterocycles. The fraction of sp³-hybridized carbons (Fsp3) is 0.455. The van der Waals surface area contributed by atoms with Gasteiger partial charge in [0.05, 0.1) is 30.3 Å². The number of aromatic nitrogens is 4. The summed E-state index contributed by atoms with van der Waals surface area (Å²) >= 11 is 0. The molecule has 0 aromatic carbocycles. The van der Waals surface area contributed by atoms with Crippen LogP contribution in [0.25, 0.3) is 10.8 Å². The van der Waals surface area contributed by atoms with E-state index in [0.29, 0.717) is 33.9 Å². The Morgan fingerprint density at radius 2 is 1.84 bits per heavy atom. The first-order valence-corrected chi connectivity index (χ1v) is 10.3. The van der Waals surface area contributed by atoms with Crippen molar-refractivity contribution in [1.82, 2.24) is 19.5 Å². The molecule has 0 spiro atoms. The quantitative estimate of drug-likeness (QED) is 0.369. The topological polar surface area (TPSA) is 145 Å². The molecule has 0 aliphatic heterocycles. The predicted octanol–water partition coefficient (Wildman–Crippen LogP) is 1.72. The van der Waals surface area contributed by atoms with Crippen molar-refractivity contribution in [3.8, 4) is 0 Å². The van der Waals surface area contributed by atoms with Crippen LogP contribution in [0.2, 0.25) is 0 Å². The molecule has 172 valence electrons. The standard InChI is InChI=1S/C22H30N6O4/c1-21(2,3)27-19-18-13(6-7-28(20(18)31)10-14(30)11-29)8-17(26-19)25-16-9-15(22(4,5)32)23-12-24-16/h6-9,12,14,29-30,32H,10-11H2,1-5H3,(H2,23,24,25,26,27). The molecule has 1 atom stereocenters. The highest BCUT2D eigenvalue weighted by Gasteiger charge is 2.20. The molecule has 1 unspecified atom stereocenters. The van der Waals surface area contributed by atoms with Crippen molar-refractivity contribution < 1.29 is 15.3 Å². The summed E-state index contributed by atoms with van der Waals surface area (Å²) in [6.07, 6.45) is 1.89. The Labute approximate surface area is 186 Å². The SMILES string of the molecule is CC(C)(C)Nc1nc(Nc2cc(C(C)(C)O)ncn2)cc2ccn(CC(O)CO)c(=O)c12. The predicted molar refractivity (Wildman–Crippen MR) is 123 cm³/mol. The molecule has 0 amide bonds. The van der Waals surface area contributed by atoms with Crippen LogP contribution in [-0.2, 0) is 12.1 Å². The van der Waals surface area contributed by atoms with Gasteiger partial charge in [0.15, 0.2) is 0 Å². The summed E-state index contributed by atoms with van der Waals surface area (Å²) in [4.78, 5) is 26.0. The van der Waals surface area contributed by atoms with Gasteiger partial charge in [-0.25, -0.2) is 15.0 Å². The summed E-state index contributed by atoms with van der Waals surface area (Å²) in [7, 11) is 0. The van der Waals surface area contributed by atoms with Crippen LogP contribution in [0.5, 0.6) is 0 Å². The first-order valence-electron chi connectivity index (χ1n) is 10.3. The number of nitrogens with zero attached hydrogens (tertiary/aromatic N) is 4. The zero-order chi connectivity index (χ0) is 23.7. The van der Waals surface area contributed by atoms with E-state index in [0.717, 1.165) is 0 Å². The average molecular weight is 443 g/mol. The number of pyridine rings is 2. The van der Waals surface area contributed by atoms with Gasteiger partial charge in [0.25, 0.3) is 5.56 Å². The Kier molecular flexibility index (Phi) is 6.49. The summed E-state index contributed by atoms with van der Waals surface area (Å²) in [6, 6.07) is 5.12. The molecular weight excluding hydrogens is 412 g/mol. The number of hydrogen-bond donors (Lipinski definition) is 5. The maximum absolute atomic E-state index is 13.1. The van der Waals surface area contributed by atoms with Gasteiger partial charge in [-0.15, -0.1) is 0 Å². The monoisotopic (exact) mass is 442 g/mol. The van der Waals surface area contributed by atoms with Crippen LogP contribution < -0.4 is 16.2 Å². The normalized spacial score (nSPS) is 13.2. The van der Waals surface area contributed by atoms with Gasteiger partial charge >= 0.3 is 0 Å². The van der Waals surface area contributed by atoms with E-state index in [9.17, 15) is 15.0 Å². The van der Waals surface area contributed by atoms with Crippen LogP contribution in [0.4, 0.5) is 17.5 Å². The molecule has 0 fully saturated rings. The minimum atomic E-state index is -1.13. The number of aliphatic hydroxyl groups excluding tert-OH is 2. The van der Waals surface area contributed by atoms with Crippen molar-refractivity contribution in [3.05, 3.63) is 46.8 Å².